The van der Waals surface area contributed by atoms with Crippen molar-refractivity contribution in [2.45, 2.75) is 38.6 Å². The zero-order valence-corrected chi connectivity index (χ0v) is 17.8. The topological polar surface area (TPSA) is 68.3 Å². The predicted octanol–water partition coefficient (Wildman–Crippen LogP) is 3.85. The van der Waals surface area contributed by atoms with E-state index in [0.717, 1.165) is 43.4 Å². The van der Waals surface area contributed by atoms with E-state index in [0.29, 0.717) is 6.54 Å². The number of rotatable bonds is 6. The standard InChI is InChI=1S/C24H32N6/c1-25-24(26-13-12-20-18-27-22-9-5-4-8-21(20)22)29-17-19-10-11-23(28-16-19)30-14-6-2-3-7-15-30/h4-5,8-11,16,18,27H,2-3,6-7,12-15,17H2,1H3,(H2,25,26,29). The van der Waals surface area contributed by atoms with Crippen LogP contribution in [0.2, 0.25) is 0 Å². The van der Waals surface area contributed by atoms with E-state index in [1.54, 1.807) is 0 Å². The molecule has 1 aliphatic heterocycles. The Morgan fingerprint density at radius 2 is 1.90 bits per heavy atom. The van der Waals surface area contributed by atoms with E-state index in [2.05, 4.69) is 68.1 Å². The van der Waals surface area contributed by atoms with Crippen molar-refractivity contribution in [2.75, 3.05) is 31.6 Å². The number of guanidine groups is 1. The van der Waals surface area contributed by atoms with Crippen LogP contribution in [0.15, 0.2) is 53.8 Å². The van der Waals surface area contributed by atoms with E-state index < -0.39 is 0 Å². The van der Waals surface area contributed by atoms with Crippen LogP contribution in [0.25, 0.3) is 10.9 Å². The molecule has 0 unspecified atom stereocenters. The van der Waals surface area contributed by atoms with Gasteiger partial charge in [0, 0.05) is 56.5 Å². The van der Waals surface area contributed by atoms with Crippen LogP contribution >= 0.6 is 0 Å². The second-order valence-electron chi connectivity index (χ2n) is 7.89. The zero-order chi connectivity index (χ0) is 20.6. The van der Waals surface area contributed by atoms with Crippen LogP contribution in [-0.2, 0) is 13.0 Å². The summed E-state index contributed by atoms with van der Waals surface area (Å²) in [6.07, 6.45) is 10.2. The average Bonchev–Trinajstić information content (AvgIpc) is 3.01. The van der Waals surface area contributed by atoms with Crippen molar-refractivity contribution < 1.29 is 0 Å². The fraction of sp³-hybridized carbons (Fsp3) is 0.417. The highest BCUT2D eigenvalue weighted by Crippen LogP contribution is 2.18. The number of hydrogen-bond acceptors (Lipinski definition) is 3. The van der Waals surface area contributed by atoms with Crippen LogP contribution in [0.4, 0.5) is 5.82 Å². The van der Waals surface area contributed by atoms with Gasteiger partial charge in [-0.05, 0) is 42.5 Å². The second kappa shape index (κ2) is 10.1. The molecule has 3 N–H and O–H groups in total. The van der Waals surface area contributed by atoms with Gasteiger partial charge in [-0.15, -0.1) is 0 Å². The molecule has 0 bridgehead atoms. The molecule has 3 heterocycles. The van der Waals surface area contributed by atoms with Gasteiger partial charge in [-0.1, -0.05) is 37.1 Å². The van der Waals surface area contributed by atoms with Gasteiger partial charge in [-0.2, -0.15) is 0 Å². The van der Waals surface area contributed by atoms with Gasteiger partial charge in [0.1, 0.15) is 5.82 Å². The van der Waals surface area contributed by atoms with E-state index in [-0.39, 0.29) is 0 Å². The van der Waals surface area contributed by atoms with Crippen molar-refractivity contribution in [2.24, 2.45) is 4.99 Å². The summed E-state index contributed by atoms with van der Waals surface area (Å²) in [6, 6.07) is 12.7. The number of pyridine rings is 1. The second-order valence-corrected chi connectivity index (χ2v) is 7.89. The Hall–Kier alpha value is -3.02. The fourth-order valence-corrected chi connectivity index (χ4v) is 4.07. The van der Waals surface area contributed by atoms with Crippen LogP contribution in [0.5, 0.6) is 0 Å². The molecule has 0 spiro atoms. The number of H-pyrrole nitrogens is 1. The Balaban J connectivity index is 1.25. The number of aromatic nitrogens is 2. The summed E-state index contributed by atoms with van der Waals surface area (Å²) in [5.41, 5.74) is 3.67. The Labute approximate surface area is 178 Å². The van der Waals surface area contributed by atoms with Crippen molar-refractivity contribution in [3.63, 3.8) is 0 Å². The Kier molecular flexibility index (Phi) is 6.85. The van der Waals surface area contributed by atoms with Gasteiger partial charge in [0.05, 0.1) is 0 Å². The smallest absolute Gasteiger partial charge is 0.191 e. The van der Waals surface area contributed by atoms with E-state index in [1.807, 2.05) is 13.2 Å². The highest BCUT2D eigenvalue weighted by Gasteiger charge is 2.11. The number of aliphatic imine (C=N–C) groups is 1. The number of benzene rings is 1. The third-order valence-electron chi connectivity index (χ3n) is 5.78. The lowest BCUT2D eigenvalue weighted by Gasteiger charge is -2.21. The van der Waals surface area contributed by atoms with Crippen molar-refractivity contribution in [1.82, 2.24) is 20.6 Å². The van der Waals surface area contributed by atoms with Crippen LogP contribution < -0.4 is 15.5 Å². The first-order valence-corrected chi connectivity index (χ1v) is 11.0. The predicted molar refractivity (Wildman–Crippen MR) is 125 cm³/mol. The highest BCUT2D eigenvalue weighted by atomic mass is 15.2. The lowest BCUT2D eigenvalue weighted by molar-refractivity contribution is 0.726. The minimum atomic E-state index is 0.708. The van der Waals surface area contributed by atoms with Crippen molar-refractivity contribution in [3.05, 3.63) is 59.9 Å². The Morgan fingerprint density at radius 1 is 1.07 bits per heavy atom. The van der Waals surface area contributed by atoms with E-state index >= 15 is 0 Å². The number of hydrogen-bond donors (Lipinski definition) is 3. The fourth-order valence-electron chi connectivity index (χ4n) is 4.07. The molecule has 3 aromatic rings. The Bertz CT molecular complexity index is 951. The first-order chi connectivity index (χ1) is 14.8. The summed E-state index contributed by atoms with van der Waals surface area (Å²) in [5.74, 6) is 1.91. The number of nitrogens with one attached hydrogen (secondary N) is 3. The molecule has 4 rings (SSSR count). The van der Waals surface area contributed by atoms with Gasteiger partial charge in [0.2, 0.25) is 0 Å². The van der Waals surface area contributed by atoms with Crippen molar-refractivity contribution >= 4 is 22.7 Å². The van der Waals surface area contributed by atoms with E-state index in [9.17, 15) is 0 Å². The minimum Gasteiger partial charge on any atom is -0.361 e. The molecule has 30 heavy (non-hydrogen) atoms. The van der Waals surface area contributed by atoms with Crippen LogP contribution in [0.1, 0.15) is 36.8 Å². The van der Waals surface area contributed by atoms with Crippen LogP contribution in [0, 0.1) is 0 Å². The molecule has 6 nitrogen and oxygen atoms in total. The molecule has 1 fully saturated rings. The summed E-state index contributed by atoms with van der Waals surface area (Å²) < 4.78 is 0. The molecule has 1 saturated heterocycles. The third-order valence-corrected chi connectivity index (χ3v) is 5.78. The number of para-hydroxylation sites is 1. The summed E-state index contributed by atoms with van der Waals surface area (Å²) in [5, 5.41) is 8.09. The largest absolute Gasteiger partial charge is 0.361 e. The van der Waals surface area contributed by atoms with Gasteiger partial charge < -0.3 is 20.5 Å². The summed E-state index contributed by atoms with van der Waals surface area (Å²) in [6.45, 7) is 3.78. The number of nitrogens with zero attached hydrogens (tertiary/aromatic N) is 3. The average molecular weight is 405 g/mol. The molecule has 158 valence electrons. The van der Waals surface area contributed by atoms with E-state index in [1.165, 1.54) is 42.1 Å². The first kappa shape index (κ1) is 20.3. The third kappa shape index (κ3) is 5.12. The monoisotopic (exact) mass is 404 g/mol. The van der Waals surface area contributed by atoms with Crippen LogP contribution in [0.3, 0.4) is 0 Å². The lowest BCUT2D eigenvalue weighted by atomic mass is 10.1. The number of anilines is 1. The maximum Gasteiger partial charge on any atom is 0.191 e. The molecule has 1 aliphatic rings. The molecule has 0 amide bonds. The number of fused-ring (bicyclic) bond motifs is 1. The highest BCUT2D eigenvalue weighted by molar-refractivity contribution is 5.83. The SMILES string of the molecule is CN=C(NCCc1c[nH]c2ccccc12)NCc1ccc(N2CCCCCC2)nc1. The van der Waals surface area contributed by atoms with Crippen LogP contribution in [-0.4, -0.2) is 42.6 Å². The minimum absolute atomic E-state index is 0.708. The molecule has 6 heteroatoms. The van der Waals surface area contributed by atoms with E-state index in [4.69, 9.17) is 4.98 Å². The molecule has 2 aromatic heterocycles. The maximum atomic E-state index is 4.69. The summed E-state index contributed by atoms with van der Waals surface area (Å²) >= 11 is 0. The Morgan fingerprint density at radius 3 is 2.67 bits per heavy atom. The number of aromatic amines is 1. The molecule has 0 saturated carbocycles. The summed E-state index contributed by atoms with van der Waals surface area (Å²) in [4.78, 5) is 14.8. The molecule has 0 aliphatic carbocycles. The van der Waals surface area contributed by atoms with Crippen molar-refractivity contribution in [3.8, 4) is 0 Å². The summed E-state index contributed by atoms with van der Waals surface area (Å²) in [7, 11) is 1.81. The quantitative estimate of drug-likeness (QED) is 0.431. The van der Waals surface area contributed by atoms with Gasteiger partial charge in [0.15, 0.2) is 5.96 Å². The van der Waals surface area contributed by atoms with Gasteiger partial charge >= 0.3 is 0 Å². The maximum absolute atomic E-state index is 4.69. The van der Waals surface area contributed by atoms with Crippen molar-refractivity contribution in [1.29, 1.82) is 0 Å². The molecular formula is C24H32N6. The van der Waals surface area contributed by atoms with Gasteiger partial charge in [-0.3, -0.25) is 4.99 Å². The molecule has 0 atom stereocenters. The lowest BCUT2D eigenvalue weighted by Crippen LogP contribution is -2.37. The van der Waals surface area contributed by atoms with Gasteiger partial charge in [0.25, 0.3) is 0 Å². The van der Waals surface area contributed by atoms with Gasteiger partial charge in [-0.25, -0.2) is 4.98 Å². The molecule has 1 aromatic carbocycles. The first-order valence-electron chi connectivity index (χ1n) is 11.0. The zero-order valence-electron chi connectivity index (χ0n) is 17.8. The molecule has 0 radical (unpaired) electrons. The normalized spacial score (nSPS) is 15.2. The molecular weight excluding hydrogens is 372 g/mol.